The Morgan fingerprint density at radius 1 is 1.40 bits per heavy atom. The van der Waals surface area contributed by atoms with Gasteiger partial charge in [-0.2, -0.15) is 0 Å². The van der Waals surface area contributed by atoms with E-state index in [4.69, 9.17) is 11.6 Å². The Labute approximate surface area is 94.7 Å². The molecular weight excluding hydrogens is 212 g/mol. The minimum Gasteiger partial charge on any atom is -0.393 e. The minimum absolute atomic E-state index is 0.112. The number of aromatic nitrogens is 1. The summed E-state index contributed by atoms with van der Waals surface area (Å²) in [5.41, 5.74) is 1.04. The van der Waals surface area contributed by atoms with E-state index in [2.05, 4.69) is 9.88 Å². The van der Waals surface area contributed by atoms with Gasteiger partial charge >= 0.3 is 0 Å². The molecule has 1 saturated heterocycles. The third kappa shape index (κ3) is 3.16. The van der Waals surface area contributed by atoms with Crippen molar-refractivity contribution in [3.63, 3.8) is 0 Å². The molecule has 0 saturated carbocycles. The fourth-order valence-electron chi connectivity index (χ4n) is 1.81. The molecule has 1 aliphatic rings. The van der Waals surface area contributed by atoms with E-state index < -0.39 is 0 Å². The molecule has 0 unspecified atom stereocenters. The lowest BCUT2D eigenvalue weighted by Crippen LogP contribution is -2.35. The van der Waals surface area contributed by atoms with Crippen LogP contribution in [-0.4, -0.2) is 34.2 Å². The van der Waals surface area contributed by atoms with Crippen molar-refractivity contribution in [1.82, 2.24) is 9.88 Å². The zero-order valence-corrected chi connectivity index (χ0v) is 9.32. The summed E-state index contributed by atoms with van der Waals surface area (Å²) >= 11 is 5.76. The number of pyridine rings is 1. The highest BCUT2D eigenvalue weighted by Gasteiger charge is 2.16. The number of hydrogen-bond donors (Lipinski definition) is 1. The smallest absolute Gasteiger partial charge is 0.0589 e. The van der Waals surface area contributed by atoms with Crippen molar-refractivity contribution in [2.24, 2.45) is 0 Å². The molecule has 82 valence electrons. The van der Waals surface area contributed by atoms with Crippen LogP contribution in [0, 0.1) is 0 Å². The highest BCUT2D eigenvalue weighted by Crippen LogP contribution is 2.13. The monoisotopic (exact) mass is 226 g/mol. The van der Waals surface area contributed by atoms with Gasteiger partial charge in [-0.3, -0.25) is 9.88 Å². The van der Waals surface area contributed by atoms with Gasteiger partial charge in [0, 0.05) is 25.8 Å². The van der Waals surface area contributed by atoms with Gasteiger partial charge in [0.2, 0.25) is 0 Å². The average Bonchev–Trinajstić information content (AvgIpc) is 2.25. The average molecular weight is 227 g/mol. The first-order valence-corrected chi connectivity index (χ1v) is 5.63. The lowest BCUT2D eigenvalue weighted by atomic mass is 10.1. The number of nitrogens with zero attached hydrogens (tertiary/aromatic N) is 2. The molecule has 0 radical (unpaired) electrons. The number of rotatable bonds is 2. The maximum absolute atomic E-state index is 9.37. The molecule has 1 aliphatic heterocycles. The van der Waals surface area contributed by atoms with E-state index in [-0.39, 0.29) is 6.10 Å². The predicted molar refractivity (Wildman–Crippen MR) is 59.8 cm³/mol. The normalized spacial score (nSPS) is 19.3. The second-order valence-electron chi connectivity index (χ2n) is 3.98. The lowest BCUT2D eigenvalue weighted by molar-refractivity contribution is 0.0787. The van der Waals surface area contributed by atoms with Crippen LogP contribution < -0.4 is 0 Å². The summed E-state index contributed by atoms with van der Waals surface area (Å²) < 4.78 is 0. The maximum Gasteiger partial charge on any atom is 0.0589 e. The molecule has 3 nitrogen and oxygen atoms in total. The molecule has 2 rings (SSSR count). The minimum atomic E-state index is -0.112. The zero-order valence-electron chi connectivity index (χ0n) is 8.56. The van der Waals surface area contributed by atoms with Gasteiger partial charge in [-0.05, 0) is 25.0 Å². The molecule has 1 aromatic rings. The Bertz CT molecular complexity index is 307. The number of halogens is 1. The van der Waals surface area contributed by atoms with Crippen molar-refractivity contribution < 1.29 is 5.11 Å². The van der Waals surface area contributed by atoms with E-state index in [1.54, 1.807) is 6.20 Å². The van der Waals surface area contributed by atoms with Crippen LogP contribution in [0.25, 0.3) is 0 Å². The molecule has 1 fully saturated rings. The highest BCUT2D eigenvalue weighted by atomic mass is 35.5. The molecule has 0 bridgehead atoms. The van der Waals surface area contributed by atoms with Crippen LogP contribution in [0.1, 0.15) is 18.5 Å². The number of aliphatic hydroxyl groups excluding tert-OH is 1. The molecule has 0 aromatic carbocycles. The molecule has 2 heterocycles. The predicted octanol–water partition coefficient (Wildman–Crippen LogP) is 1.69. The van der Waals surface area contributed by atoms with Crippen molar-refractivity contribution in [1.29, 1.82) is 0 Å². The Kier molecular flexibility index (Phi) is 3.57. The standard InChI is InChI=1S/C11H15ClN2O/c12-9-1-2-10(13-7-9)8-14-5-3-11(15)4-6-14/h1-2,7,11,15H,3-6,8H2. The third-order valence-corrected chi connectivity index (χ3v) is 2.95. The van der Waals surface area contributed by atoms with Gasteiger partial charge in [-0.25, -0.2) is 0 Å². The molecule has 0 spiro atoms. The topological polar surface area (TPSA) is 36.4 Å². The summed E-state index contributed by atoms with van der Waals surface area (Å²) in [6.07, 6.45) is 3.30. The van der Waals surface area contributed by atoms with Gasteiger partial charge in [0.05, 0.1) is 16.8 Å². The van der Waals surface area contributed by atoms with Crippen molar-refractivity contribution in [2.75, 3.05) is 13.1 Å². The lowest BCUT2D eigenvalue weighted by Gasteiger charge is -2.29. The van der Waals surface area contributed by atoms with E-state index >= 15 is 0 Å². The van der Waals surface area contributed by atoms with Gasteiger partial charge in [0.25, 0.3) is 0 Å². The van der Waals surface area contributed by atoms with E-state index in [9.17, 15) is 5.11 Å². The van der Waals surface area contributed by atoms with Crippen LogP contribution in [0.5, 0.6) is 0 Å². The largest absolute Gasteiger partial charge is 0.393 e. The summed E-state index contributed by atoms with van der Waals surface area (Å²) in [5.74, 6) is 0. The van der Waals surface area contributed by atoms with Gasteiger partial charge in [-0.15, -0.1) is 0 Å². The van der Waals surface area contributed by atoms with E-state index in [1.807, 2.05) is 12.1 Å². The van der Waals surface area contributed by atoms with Gasteiger partial charge < -0.3 is 5.11 Å². The Balaban J connectivity index is 1.89. The summed E-state index contributed by atoms with van der Waals surface area (Å²) in [6.45, 7) is 2.75. The second kappa shape index (κ2) is 4.92. The van der Waals surface area contributed by atoms with Crippen molar-refractivity contribution >= 4 is 11.6 Å². The first kappa shape index (κ1) is 10.9. The van der Waals surface area contributed by atoms with Crippen LogP contribution in [-0.2, 0) is 6.54 Å². The second-order valence-corrected chi connectivity index (χ2v) is 4.41. The van der Waals surface area contributed by atoms with Gasteiger partial charge in [0.1, 0.15) is 0 Å². The number of aliphatic hydroxyl groups is 1. The SMILES string of the molecule is OC1CCN(Cc2ccc(Cl)cn2)CC1. The molecule has 15 heavy (non-hydrogen) atoms. The maximum atomic E-state index is 9.37. The number of piperidine rings is 1. The van der Waals surface area contributed by atoms with Crippen LogP contribution >= 0.6 is 11.6 Å². The van der Waals surface area contributed by atoms with E-state index in [0.717, 1.165) is 38.2 Å². The first-order valence-electron chi connectivity index (χ1n) is 5.25. The zero-order chi connectivity index (χ0) is 10.7. The summed E-state index contributed by atoms with van der Waals surface area (Å²) in [4.78, 5) is 6.56. The summed E-state index contributed by atoms with van der Waals surface area (Å²) in [7, 11) is 0. The molecule has 4 heteroatoms. The number of likely N-dealkylation sites (tertiary alicyclic amines) is 1. The molecule has 0 aliphatic carbocycles. The van der Waals surface area contributed by atoms with Gasteiger partial charge in [-0.1, -0.05) is 11.6 Å². The Morgan fingerprint density at radius 3 is 2.73 bits per heavy atom. The Hall–Kier alpha value is -0.640. The first-order chi connectivity index (χ1) is 7.24. The van der Waals surface area contributed by atoms with Crippen LogP contribution in [0.3, 0.4) is 0 Å². The summed E-state index contributed by atoms with van der Waals surface area (Å²) in [6, 6.07) is 3.82. The fourth-order valence-corrected chi connectivity index (χ4v) is 1.92. The van der Waals surface area contributed by atoms with Crippen LogP contribution in [0.4, 0.5) is 0 Å². The van der Waals surface area contributed by atoms with E-state index in [0.29, 0.717) is 5.02 Å². The quantitative estimate of drug-likeness (QED) is 0.834. The van der Waals surface area contributed by atoms with Gasteiger partial charge in [0.15, 0.2) is 0 Å². The van der Waals surface area contributed by atoms with Crippen LogP contribution in [0.15, 0.2) is 18.3 Å². The highest BCUT2D eigenvalue weighted by molar-refractivity contribution is 6.30. The molecule has 0 amide bonds. The molecule has 1 aromatic heterocycles. The molecule has 1 N–H and O–H groups in total. The molecular formula is C11H15ClN2O. The fraction of sp³-hybridized carbons (Fsp3) is 0.545. The van der Waals surface area contributed by atoms with Crippen molar-refractivity contribution in [3.05, 3.63) is 29.0 Å². The van der Waals surface area contributed by atoms with Crippen molar-refractivity contribution in [3.8, 4) is 0 Å². The molecule has 0 atom stereocenters. The summed E-state index contributed by atoms with van der Waals surface area (Å²) in [5, 5.41) is 10.0. The van der Waals surface area contributed by atoms with Crippen LogP contribution in [0.2, 0.25) is 5.02 Å². The number of hydrogen-bond acceptors (Lipinski definition) is 3. The third-order valence-electron chi connectivity index (χ3n) is 2.73. The van der Waals surface area contributed by atoms with E-state index in [1.165, 1.54) is 0 Å². The Morgan fingerprint density at radius 2 is 2.13 bits per heavy atom. The van der Waals surface area contributed by atoms with Crippen molar-refractivity contribution in [2.45, 2.75) is 25.5 Å².